The molecule has 1 aromatic carbocycles. The van der Waals surface area contributed by atoms with Gasteiger partial charge in [-0.2, -0.15) is 0 Å². The molecule has 2 aromatic rings. The minimum Gasteiger partial charge on any atom is -0.333 e. The van der Waals surface area contributed by atoms with Gasteiger partial charge in [-0.15, -0.1) is 0 Å². The molecule has 0 saturated heterocycles. The Kier molecular flexibility index (Phi) is 6.25. The SMILES string of the molecule is Cc1ccc(C(=O)N[C@@H](NCc2cccnc2)C(Cl)(Cl)Cl)cc1. The van der Waals surface area contributed by atoms with Crippen molar-refractivity contribution >= 4 is 40.7 Å². The van der Waals surface area contributed by atoms with Crippen molar-refractivity contribution in [3.8, 4) is 0 Å². The summed E-state index contributed by atoms with van der Waals surface area (Å²) in [6.45, 7) is 2.35. The highest BCUT2D eigenvalue weighted by atomic mass is 35.6. The summed E-state index contributed by atoms with van der Waals surface area (Å²) in [6, 6.07) is 10.8. The minimum absolute atomic E-state index is 0.319. The van der Waals surface area contributed by atoms with E-state index in [9.17, 15) is 4.79 Å². The number of nitrogens with zero attached hydrogens (tertiary/aromatic N) is 1. The fourth-order valence-electron chi connectivity index (χ4n) is 1.89. The fraction of sp³-hybridized carbons (Fsp3) is 0.250. The number of halogens is 3. The molecule has 1 heterocycles. The molecule has 0 aliphatic rings. The van der Waals surface area contributed by atoms with E-state index in [0.29, 0.717) is 12.1 Å². The lowest BCUT2D eigenvalue weighted by molar-refractivity contribution is 0.0929. The topological polar surface area (TPSA) is 54.0 Å². The summed E-state index contributed by atoms with van der Waals surface area (Å²) in [5.74, 6) is -0.319. The van der Waals surface area contributed by atoms with E-state index >= 15 is 0 Å². The molecule has 2 rings (SSSR count). The molecule has 4 nitrogen and oxygen atoms in total. The van der Waals surface area contributed by atoms with Crippen molar-refractivity contribution in [1.82, 2.24) is 15.6 Å². The van der Waals surface area contributed by atoms with Gasteiger partial charge < -0.3 is 5.32 Å². The first kappa shape index (κ1) is 18.0. The van der Waals surface area contributed by atoms with Gasteiger partial charge in [-0.3, -0.25) is 15.1 Å². The van der Waals surface area contributed by atoms with Gasteiger partial charge in [0, 0.05) is 24.5 Å². The molecule has 0 aliphatic heterocycles. The van der Waals surface area contributed by atoms with Crippen molar-refractivity contribution in [2.75, 3.05) is 0 Å². The summed E-state index contributed by atoms with van der Waals surface area (Å²) in [4.78, 5) is 16.3. The molecule has 1 amide bonds. The quantitative estimate of drug-likeness (QED) is 0.623. The number of pyridine rings is 1. The summed E-state index contributed by atoms with van der Waals surface area (Å²) in [5.41, 5.74) is 2.48. The number of benzene rings is 1. The molecule has 0 radical (unpaired) electrons. The largest absolute Gasteiger partial charge is 0.333 e. The van der Waals surface area contributed by atoms with Gasteiger partial charge in [-0.1, -0.05) is 58.6 Å². The Morgan fingerprint density at radius 2 is 1.91 bits per heavy atom. The van der Waals surface area contributed by atoms with Crippen molar-refractivity contribution < 1.29 is 4.79 Å². The number of alkyl halides is 3. The van der Waals surface area contributed by atoms with Crippen molar-refractivity contribution in [2.24, 2.45) is 0 Å². The first-order chi connectivity index (χ1) is 10.9. The number of aromatic nitrogens is 1. The summed E-state index contributed by atoms with van der Waals surface area (Å²) in [5, 5.41) is 5.72. The lowest BCUT2D eigenvalue weighted by Gasteiger charge is -2.26. The predicted octanol–water partition coefficient (Wildman–Crippen LogP) is 3.61. The number of carbonyl (C=O) groups excluding carboxylic acids is 1. The molecule has 0 saturated carbocycles. The van der Waals surface area contributed by atoms with E-state index in [1.165, 1.54) is 0 Å². The van der Waals surface area contributed by atoms with Crippen LogP contribution >= 0.6 is 34.8 Å². The maximum atomic E-state index is 12.3. The van der Waals surface area contributed by atoms with Crippen LogP contribution in [0, 0.1) is 6.92 Å². The Morgan fingerprint density at radius 1 is 1.22 bits per heavy atom. The van der Waals surface area contributed by atoms with Crippen LogP contribution in [0.4, 0.5) is 0 Å². The van der Waals surface area contributed by atoms with Crippen molar-refractivity contribution in [3.63, 3.8) is 0 Å². The van der Waals surface area contributed by atoms with Gasteiger partial charge >= 0.3 is 0 Å². The van der Waals surface area contributed by atoms with Crippen LogP contribution in [-0.2, 0) is 6.54 Å². The summed E-state index contributed by atoms with van der Waals surface area (Å²) in [7, 11) is 0. The number of rotatable bonds is 5. The normalized spacial score (nSPS) is 12.7. The fourth-order valence-corrected chi connectivity index (χ4v) is 2.29. The summed E-state index contributed by atoms with van der Waals surface area (Å²) < 4.78 is -1.69. The van der Waals surface area contributed by atoms with Crippen molar-refractivity contribution in [2.45, 2.75) is 23.4 Å². The standard InChI is InChI=1S/C16H16Cl3N3O/c1-11-4-6-13(7-5-11)14(23)22-15(16(17,18)19)21-10-12-3-2-8-20-9-12/h2-9,15,21H,10H2,1H3,(H,22,23)/t15-/m1/s1. The second kappa shape index (κ2) is 7.97. The van der Waals surface area contributed by atoms with Gasteiger partial charge in [0.1, 0.15) is 6.17 Å². The highest BCUT2D eigenvalue weighted by molar-refractivity contribution is 6.68. The van der Waals surface area contributed by atoms with Crippen LogP contribution in [0.2, 0.25) is 0 Å². The summed E-state index contributed by atoms with van der Waals surface area (Å²) in [6.07, 6.45) is 2.53. The van der Waals surface area contributed by atoms with Crippen LogP contribution in [-0.4, -0.2) is 20.8 Å². The molecule has 23 heavy (non-hydrogen) atoms. The monoisotopic (exact) mass is 371 g/mol. The first-order valence-corrected chi connectivity index (χ1v) is 8.06. The molecule has 0 bridgehead atoms. The van der Waals surface area contributed by atoms with Crippen LogP contribution in [0.3, 0.4) is 0 Å². The van der Waals surface area contributed by atoms with E-state index in [-0.39, 0.29) is 5.91 Å². The zero-order valence-corrected chi connectivity index (χ0v) is 14.7. The minimum atomic E-state index is -1.69. The second-order valence-electron chi connectivity index (χ2n) is 5.06. The highest BCUT2D eigenvalue weighted by Crippen LogP contribution is 2.29. The number of hydrogen-bond acceptors (Lipinski definition) is 3. The summed E-state index contributed by atoms with van der Waals surface area (Å²) >= 11 is 17.9. The number of hydrogen-bond donors (Lipinski definition) is 2. The molecule has 122 valence electrons. The van der Waals surface area contributed by atoms with Crippen molar-refractivity contribution in [3.05, 3.63) is 65.5 Å². The molecule has 0 aliphatic carbocycles. The van der Waals surface area contributed by atoms with Crippen LogP contribution in [0.15, 0.2) is 48.8 Å². The van der Waals surface area contributed by atoms with Crippen LogP contribution in [0.25, 0.3) is 0 Å². The van der Waals surface area contributed by atoms with Gasteiger partial charge in [0.15, 0.2) is 0 Å². The maximum Gasteiger partial charge on any atom is 0.252 e. The number of carbonyl (C=O) groups is 1. The van der Waals surface area contributed by atoms with E-state index in [1.54, 1.807) is 24.5 Å². The number of nitrogens with one attached hydrogen (secondary N) is 2. The zero-order chi connectivity index (χ0) is 16.9. The van der Waals surface area contributed by atoms with Crippen molar-refractivity contribution in [1.29, 1.82) is 0 Å². The van der Waals surface area contributed by atoms with Gasteiger partial charge in [0.25, 0.3) is 5.91 Å². The third kappa shape index (κ3) is 5.66. The van der Waals surface area contributed by atoms with E-state index < -0.39 is 9.96 Å². The Morgan fingerprint density at radius 3 is 2.48 bits per heavy atom. The Balaban J connectivity index is 2.04. The Labute approximate surface area is 150 Å². The third-order valence-corrected chi connectivity index (χ3v) is 3.80. The average molecular weight is 373 g/mol. The van der Waals surface area contributed by atoms with Gasteiger partial charge in [-0.05, 0) is 30.7 Å². The smallest absolute Gasteiger partial charge is 0.252 e. The number of aryl methyl sites for hydroxylation is 1. The lowest BCUT2D eigenvalue weighted by Crippen LogP contribution is -2.53. The third-order valence-electron chi connectivity index (χ3n) is 3.15. The maximum absolute atomic E-state index is 12.3. The molecule has 7 heteroatoms. The van der Waals surface area contributed by atoms with E-state index in [2.05, 4.69) is 15.6 Å². The molecule has 0 spiro atoms. The van der Waals surface area contributed by atoms with Gasteiger partial charge in [0.2, 0.25) is 3.79 Å². The highest BCUT2D eigenvalue weighted by Gasteiger charge is 2.33. The average Bonchev–Trinajstić information content (AvgIpc) is 2.51. The van der Waals surface area contributed by atoms with Gasteiger partial charge in [0.05, 0.1) is 0 Å². The molecule has 1 atom stereocenters. The van der Waals surface area contributed by atoms with Crippen LogP contribution in [0.5, 0.6) is 0 Å². The zero-order valence-electron chi connectivity index (χ0n) is 12.4. The lowest BCUT2D eigenvalue weighted by atomic mass is 10.1. The molecule has 0 fully saturated rings. The molecule has 1 aromatic heterocycles. The van der Waals surface area contributed by atoms with E-state index in [1.807, 2.05) is 31.2 Å². The van der Waals surface area contributed by atoms with E-state index in [0.717, 1.165) is 11.1 Å². The number of amides is 1. The molecular weight excluding hydrogens is 357 g/mol. The van der Waals surface area contributed by atoms with Crippen LogP contribution in [0.1, 0.15) is 21.5 Å². The first-order valence-electron chi connectivity index (χ1n) is 6.93. The van der Waals surface area contributed by atoms with E-state index in [4.69, 9.17) is 34.8 Å². The van der Waals surface area contributed by atoms with Gasteiger partial charge in [-0.25, -0.2) is 0 Å². The Bertz CT molecular complexity index is 642. The van der Waals surface area contributed by atoms with Crippen LogP contribution < -0.4 is 10.6 Å². The predicted molar refractivity (Wildman–Crippen MR) is 93.8 cm³/mol. The molecular formula is C16H16Cl3N3O. The second-order valence-corrected chi connectivity index (χ2v) is 7.43. The Hall–Kier alpha value is -1.33. The molecule has 2 N–H and O–H groups in total. The molecule has 0 unspecified atom stereocenters.